The summed E-state index contributed by atoms with van der Waals surface area (Å²) in [5.74, 6) is 0.407. The van der Waals surface area contributed by atoms with E-state index in [1.165, 1.54) is 36.9 Å². The van der Waals surface area contributed by atoms with Crippen molar-refractivity contribution in [1.29, 1.82) is 0 Å². The van der Waals surface area contributed by atoms with Crippen LogP contribution in [0, 0.1) is 5.92 Å². The molecule has 0 fully saturated rings. The Balaban J connectivity index is 1.20. The third kappa shape index (κ3) is 5.82. The summed E-state index contributed by atoms with van der Waals surface area (Å²) in [5, 5.41) is 4.66. The van der Waals surface area contributed by atoms with E-state index in [0.29, 0.717) is 5.92 Å². The highest BCUT2D eigenvalue weighted by atomic mass is 32.1. The molecule has 2 aromatic heterocycles. The molecule has 3 heteroatoms. The molecule has 0 saturated carbocycles. The van der Waals surface area contributed by atoms with Crippen molar-refractivity contribution in [3.8, 4) is 22.3 Å². The molecule has 2 nitrogen and oxygen atoms in total. The second-order valence-corrected chi connectivity index (χ2v) is 14.0. The monoisotopic (exact) mass is 673 g/mol. The van der Waals surface area contributed by atoms with Crippen molar-refractivity contribution in [3.05, 3.63) is 194 Å². The highest BCUT2D eigenvalue weighted by Gasteiger charge is 2.22. The molecule has 51 heavy (non-hydrogen) atoms. The topological polar surface area (TPSA) is 16.4 Å². The van der Waals surface area contributed by atoms with Gasteiger partial charge in [-0.1, -0.05) is 140 Å². The summed E-state index contributed by atoms with van der Waals surface area (Å²) >= 11 is 1.85. The number of anilines is 2. The van der Waals surface area contributed by atoms with Crippen molar-refractivity contribution in [1.82, 2.24) is 0 Å². The zero-order valence-electron chi connectivity index (χ0n) is 28.1. The minimum Gasteiger partial charge on any atom is -0.456 e. The van der Waals surface area contributed by atoms with Gasteiger partial charge in [-0.25, -0.2) is 0 Å². The number of fused-ring (bicyclic) bond motifs is 6. The Morgan fingerprint density at radius 3 is 2.24 bits per heavy atom. The Kier molecular flexibility index (Phi) is 8.04. The Labute approximate surface area is 301 Å². The zero-order chi connectivity index (χ0) is 34.1. The Bertz CT molecular complexity index is 2690. The fraction of sp³-hybridized carbons (Fsp3) is 0.0417. The second-order valence-electron chi connectivity index (χ2n) is 12.9. The molecule has 244 valence electrons. The lowest BCUT2D eigenvalue weighted by Gasteiger charge is -2.27. The lowest BCUT2D eigenvalue weighted by molar-refractivity contribution is 0.669. The third-order valence-electron chi connectivity index (χ3n) is 9.71. The van der Waals surface area contributed by atoms with E-state index in [-0.39, 0.29) is 0 Å². The molecule has 1 aliphatic rings. The van der Waals surface area contributed by atoms with E-state index in [1.807, 2.05) is 17.4 Å². The molecule has 0 radical (unpaired) electrons. The Morgan fingerprint density at radius 1 is 0.686 bits per heavy atom. The number of nitrogens with zero attached hydrogens (tertiary/aromatic N) is 1. The maximum atomic E-state index is 6.61. The fourth-order valence-corrected chi connectivity index (χ4v) is 8.47. The van der Waals surface area contributed by atoms with Gasteiger partial charge in [0.1, 0.15) is 11.2 Å². The quantitative estimate of drug-likeness (QED) is 0.149. The maximum Gasteiger partial charge on any atom is 0.137 e. The van der Waals surface area contributed by atoms with Gasteiger partial charge in [-0.2, -0.15) is 0 Å². The van der Waals surface area contributed by atoms with Gasteiger partial charge in [0.15, 0.2) is 0 Å². The van der Waals surface area contributed by atoms with Gasteiger partial charge in [0, 0.05) is 48.4 Å². The first-order chi connectivity index (χ1) is 25.2. The fourth-order valence-electron chi connectivity index (χ4n) is 7.21. The molecule has 0 bridgehead atoms. The molecule has 1 atom stereocenters. The number of benzene rings is 6. The third-order valence-corrected chi connectivity index (χ3v) is 10.9. The van der Waals surface area contributed by atoms with Crippen LogP contribution >= 0.6 is 11.3 Å². The molecule has 0 spiro atoms. The summed E-state index contributed by atoms with van der Waals surface area (Å²) in [7, 11) is 0. The molecule has 0 amide bonds. The van der Waals surface area contributed by atoms with Gasteiger partial charge in [0.2, 0.25) is 0 Å². The van der Waals surface area contributed by atoms with Crippen LogP contribution in [0.3, 0.4) is 0 Å². The highest BCUT2D eigenvalue weighted by molar-refractivity contribution is 7.26. The Morgan fingerprint density at radius 2 is 1.43 bits per heavy atom. The molecular weight excluding hydrogens is 639 g/mol. The average molecular weight is 674 g/mol. The van der Waals surface area contributed by atoms with E-state index in [2.05, 4.69) is 187 Å². The van der Waals surface area contributed by atoms with Crippen LogP contribution in [0.2, 0.25) is 0 Å². The van der Waals surface area contributed by atoms with E-state index in [0.717, 1.165) is 51.0 Å². The van der Waals surface area contributed by atoms with Gasteiger partial charge in [0.05, 0.1) is 5.69 Å². The molecule has 0 aliphatic heterocycles. The van der Waals surface area contributed by atoms with Crippen LogP contribution in [0.25, 0.3) is 64.4 Å². The molecule has 0 N–H and O–H groups in total. The summed E-state index contributed by atoms with van der Waals surface area (Å²) in [5.41, 5.74) is 9.42. The van der Waals surface area contributed by atoms with Crippen molar-refractivity contribution in [3.63, 3.8) is 0 Å². The standard InChI is InChI=1S/C48H35NOS/c1-33(15-11-12-18-34-16-5-2-6-17-34)49(38-26-28-41-40-27-25-37(35-19-7-3-8-20-35)31-44(40)50-45(41)32-38)43-30-29-39(36-21-9-4-10-22-36)48-47(43)42-23-13-14-24-46(42)51-48/h2-16,18-32,34H,1,17H2/b15-11-,18-12+. The normalized spacial score (nSPS) is 14.5. The van der Waals surface area contributed by atoms with Crippen LogP contribution in [0.15, 0.2) is 199 Å². The summed E-state index contributed by atoms with van der Waals surface area (Å²) in [6.45, 7) is 4.66. The number of allylic oxidation sites excluding steroid dienone is 8. The van der Waals surface area contributed by atoms with Crippen LogP contribution in [-0.4, -0.2) is 0 Å². The van der Waals surface area contributed by atoms with Crippen LogP contribution in [-0.2, 0) is 0 Å². The van der Waals surface area contributed by atoms with Crippen molar-refractivity contribution >= 4 is 64.8 Å². The molecular formula is C48H35NOS. The smallest absolute Gasteiger partial charge is 0.137 e. The predicted octanol–water partition coefficient (Wildman–Crippen LogP) is 14.2. The van der Waals surface area contributed by atoms with Gasteiger partial charge >= 0.3 is 0 Å². The average Bonchev–Trinajstić information content (AvgIpc) is 3.76. The van der Waals surface area contributed by atoms with E-state index in [1.54, 1.807) is 0 Å². The van der Waals surface area contributed by atoms with E-state index >= 15 is 0 Å². The van der Waals surface area contributed by atoms with Crippen molar-refractivity contribution < 1.29 is 4.42 Å². The molecule has 0 saturated heterocycles. The molecule has 6 aromatic carbocycles. The summed E-state index contributed by atoms with van der Waals surface area (Å²) in [4.78, 5) is 2.28. The first-order valence-electron chi connectivity index (χ1n) is 17.4. The second kappa shape index (κ2) is 13.3. The van der Waals surface area contributed by atoms with Crippen LogP contribution in [0.1, 0.15) is 6.42 Å². The summed E-state index contributed by atoms with van der Waals surface area (Å²) in [6.07, 6.45) is 18.3. The lowest BCUT2D eigenvalue weighted by Crippen LogP contribution is -2.14. The molecule has 8 aromatic rings. The van der Waals surface area contributed by atoms with Gasteiger partial charge < -0.3 is 9.32 Å². The minimum absolute atomic E-state index is 0.407. The number of hydrogen-bond acceptors (Lipinski definition) is 3. The van der Waals surface area contributed by atoms with Crippen molar-refractivity contribution in [2.24, 2.45) is 5.92 Å². The highest BCUT2D eigenvalue weighted by Crippen LogP contribution is 2.47. The van der Waals surface area contributed by atoms with Crippen molar-refractivity contribution in [2.45, 2.75) is 6.42 Å². The van der Waals surface area contributed by atoms with Gasteiger partial charge in [-0.05, 0) is 77.1 Å². The van der Waals surface area contributed by atoms with E-state index in [9.17, 15) is 0 Å². The number of rotatable bonds is 8. The number of thiophene rings is 1. The summed E-state index contributed by atoms with van der Waals surface area (Å²) < 4.78 is 9.13. The zero-order valence-corrected chi connectivity index (χ0v) is 28.9. The van der Waals surface area contributed by atoms with Gasteiger partial charge in [-0.15, -0.1) is 11.3 Å². The van der Waals surface area contributed by atoms with Gasteiger partial charge in [-0.3, -0.25) is 0 Å². The van der Waals surface area contributed by atoms with E-state index in [4.69, 9.17) is 4.42 Å². The molecule has 1 aliphatic carbocycles. The van der Waals surface area contributed by atoms with Crippen LogP contribution < -0.4 is 4.90 Å². The van der Waals surface area contributed by atoms with E-state index < -0.39 is 0 Å². The Hall–Kier alpha value is -6.16. The first kappa shape index (κ1) is 30.9. The molecule has 1 unspecified atom stereocenters. The SMILES string of the molecule is C=C(/C=C\C=C\C1C=CC=CC1)N(c1ccc2c(c1)oc1cc(-c3ccccc3)ccc12)c1ccc(-c2ccccc2)c2sc3ccccc3c12. The largest absolute Gasteiger partial charge is 0.456 e. The molecule has 9 rings (SSSR count). The van der Waals surface area contributed by atoms with Crippen molar-refractivity contribution in [2.75, 3.05) is 4.90 Å². The predicted molar refractivity (Wildman–Crippen MR) is 220 cm³/mol. The minimum atomic E-state index is 0.407. The van der Waals surface area contributed by atoms with Crippen LogP contribution in [0.4, 0.5) is 11.4 Å². The first-order valence-corrected chi connectivity index (χ1v) is 18.2. The summed E-state index contributed by atoms with van der Waals surface area (Å²) in [6, 6.07) is 47.4. The lowest BCUT2D eigenvalue weighted by atomic mass is 10.00. The number of furan rings is 1. The van der Waals surface area contributed by atoms with Crippen LogP contribution in [0.5, 0.6) is 0 Å². The number of hydrogen-bond donors (Lipinski definition) is 0. The maximum absolute atomic E-state index is 6.61. The molecule has 2 heterocycles. The van der Waals surface area contributed by atoms with Gasteiger partial charge in [0.25, 0.3) is 0 Å².